The van der Waals surface area contributed by atoms with E-state index < -0.39 is 0 Å². The SMILES string of the molecule is CC1N=C(NNC2=NCCN2)NN=C1c1ccc(Cl)cc1. The number of guanidine groups is 2. The highest BCUT2D eigenvalue weighted by molar-refractivity contribution is 6.30. The minimum absolute atomic E-state index is 0.0600. The van der Waals surface area contributed by atoms with Crippen LogP contribution in [-0.2, 0) is 0 Å². The van der Waals surface area contributed by atoms with E-state index in [1.807, 2.05) is 31.2 Å². The Labute approximate surface area is 127 Å². The van der Waals surface area contributed by atoms with E-state index in [4.69, 9.17) is 11.6 Å². The maximum absolute atomic E-state index is 5.90. The van der Waals surface area contributed by atoms with Crippen molar-refractivity contribution in [3.05, 3.63) is 34.9 Å². The fourth-order valence-corrected chi connectivity index (χ4v) is 2.20. The van der Waals surface area contributed by atoms with Crippen LogP contribution in [-0.4, -0.2) is 36.8 Å². The molecule has 0 fully saturated rings. The first-order valence-corrected chi connectivity index (χ1v) is 7.08. The highest BCUT2D eigenvalue weighted by atomic mass is 35.5. The highest BCUT2D eigenvalue weighted by Crippen LogP contribution is 2.14. The number of nitrogens with one attached hydrogen (secondary N) is 4. The molecule has 1 aromatic carbocycles. The van der Waals surface area contributed by atoms with Crippen molar-refractivity contribution in [3.8, 4) is 0 Å². The molecule has 2 aliphatic heterocycles. The monoisotopic (exact) mass is 305 g/mol. The van der Waals surface area contributed by atoms with Crippen LogP contribution in [0.2, 0.25) is 5.02 Å². The van der Waals surface area contributed by atoms with Crippen LogP contribution in [0.25, 0.3) is 0 Å². The van der Waals surface area contributed by atoms with Gasteiger partial charge in [0, 0.05) is 17.1 Å². The van der Waals surface area contributed by atoms with E-state index in [0.717, 1.165) is 24.4 Å². The number of nitrogens with zero attached hydrogens (tertiary/aromatic N) is 3. The van der Waals surface area contributed by atoms with Gasteiger partial charge in [0.2, 0.25) is 11.9 Å². The van der Waals surface area contributed by atoms with Crippen LogP contribution in [0.3, 0.4) is 0 Å². The van der Waals surface area contributed by atoms with E-state index in [2.05, 4.69) is 36.7 Å². The summed E-state index contributed by atoms with van der Waals surface area (Å²) in [5.74, 6) is 1.26. The van der Waals surface area contributed by atoms with Crippen molar-refractivity contribution in [2.45, 2.75) is 13.0 Å². The lowest BCUT2D eigenvalue weighted by Gasteiger charge is -2.20. The Bertz CT molecular complexity index is 605. The highest BCUT2D eigenvalue weighted by Gasteiger charge is 2.18. The average molecular weight is 306 g/mol. The zero-order valence-electron chi connectivity index (χ0n) is 11.5. The molecule has 1 atom stereocenters. The number of hydrazine groups is 1. The summed E-state index contributed by atoms with van der Waals surface area (Å²) in [4.78, 5) is 8.72. The van der Waals surface area contributed by atoms with E-state index in [-0.39, 0.29) is 6.04 Å². The van der Waals surface area contributed by atoms with Crippen LogP contribution in [0.1, 0.15) is 12.5 Å². The fraction of sp³-hybridized carbons (Fsp3) is 0.308. The van der Waals surface area contributed by atoms with Crippen LogP contribution >= 0.6 is 11.6 Å². The van der Waals surface area contributed by atoms with Crippen molar-refractivity contribution in [2.75, 3.05) is 13.1 Å². The minimum Gasteiger partial charge on any atom is -0.353 e. The molecule has 0 bridgehead atoms. The van der Waals surface area contributed by atoms with Gasteiger partial charge in [-0.1, -0.05) is 23.7 Å². The molecule has 0 saturated heterocycles. The second-order valence-corrected chi connectivity index (χ2v) is 5.11. The molecule has 4 N–H and O–H groups in total. The Morgan fingerprint density at radius 2 is 1.95 bits per heavy atom. The van der Waals surface area contributed by atoms with Crippen LogP contribution in [0, 0.1) is 0 Å². The van der Waals surface area contributed by atoms with Gasteiger partial charge in [-0.25, -0.2) is 10.4 Å². The number of hydrogen-bond donors (Lipinski definition) is 4. The third-order valence-electron chi connectivity index (χ3n) is 3.11. The standard InChI is InChI=1S/C13H16ClN7/c1-8-11(9-2-4-10(14)5-3-9)18-20-13(17-8)21-19-12-15-6-7-16-12/h2-5,8H,6-7H2,1H3,(H2,15,16,19)(H2,17,20,21). The van der Waals surface area contributed by atoms with Crippen LogP contribution in [0.15, 0.2) is 39.4 Å². The van der Waals surface area contributed by atoms with E-state index in [1.54, 1.807) is 0 Å². The first-order chi connectivity index (χ1) is 10.2. The van der Waals surface area contributed by atoms with Crippen molar-refractivity contribution in [1.82, 2.24) is 21.6 Å². The summed E-state index contributed by atoms with van der Waals surface area (Å²) in [6.07, 6.45) is 0. The van der Waals surface area contributed by atoms with E-state index in [0.29, 0.717) is 16.9 Å². The smallest absolute Gasteiger partial charge is 0.231 e. The van der Waals surface area contributed by atoms with Crippen molar-refractivity contribution in [2.24, 2.45) is 15.1 Å². The summed E-state index contributed by atoms with van der Waals surface area (Å²) in [5.41, 5.74) is 10.6. The van der Waals surface area contributed by atoms with Gasteiger partial charge in [0.1, 0.15) is 0 Å². The summed E-state index contributed by atoms with van der Waals surface area (Å²) < 4.78 is 0. The molecule has 21 heavy (non-hydrogen) atoms. The summed E-state index contributed by atoms with van der Waals surface area (Å²) in [7, 11) is 0. The number of aliphatic imine (C=N–C) groups is 2. The Kier molecular flexibility index (Phi) is 3.92. The molecular weight excluding hydrogens is 290 g/mol. The van der Waals surface area contributed by atoms with Crippen molar-refractivity contribution < 1.29 is 0 Å². The maximum Gasteiger partial charge on any atom is 0.231 e. The number of halogens is 1. The molecule has 0 radical (unpaired) electrons. The van der Waals surface area contributed by atoms with Gasteiger partial charge in [0.15, 0.2) is 0 Å². The van der Waals surface area contributed by atoms with Gasteiger partial charge in [-0.2, -0.15) is 5.10 Å². The van der Waals surface area contributed by atoms with E-state index >= 15 is 0 Å². The lowest BCUT2D eigenvalue weighted by molar-refractivity contribution is 0.750. The second-order valence-electron chi connectivity index (χ2n) is 4.68. The zero-order chi connectivity index (χ0) is 14.7. The van der Waals surface area contributed by atoms with Crippen molar-refractivity contribution in [1.29, 1.82) is 0 Å². The topological polar surface area (TPSA) is 85.2 Å². The fourth-order valence-electron chi connectivity index (χ4n) is 2.08. The lowest BCUT2D eigenvalue weighted by atomic mass is 10.0. The molecule has 0 aromatic heterocycles. The predicted octanol–water partition coefficient (Wildman–Crippen LogP) is 0.445. The predicted molar refractivity (Wildman–Crippen MR) is 84.6 cm³/mol. The molecule has 0 saturated carbocycles. The van der Waals surface area contributed by atoms with Gasteiger partial charge in [-0.3, -0.25) is 15.8 Å². The van der Waals surface area contributed by atoms with Crippen LogP contribution < -0.4 is 21.6 Å². The Hall–Kier alpha value is -2.28. The van der Waals surface area contributed by atoms with E-state index in [9.17, 15) is 0 Å². The zero-order valence-corrected chi connectivity index (χ0v) is 12.3. The molecule has 0 aliphatic carbocycles. The first kappa shape index (κ1) is 13.7. The van der Waals surface area contributed by atoms with Crippen molar-refractivity contribution in [3.63, 3.8) is 0 Å². The van der Waals surface area contributed by atoms with Gasteiger partial charge in [-0.15, -0.1) is 0 Å². The third kappa shape index (κ3) is 3.25. The van der Waals surface area contributed by atoms with Gasteiger partial charge >= 0.3 is 0 Å². The van der Waals surface area contributed by atoms with Gasteiger partial charge in [0.05, 0.1) is 18.3 Å². The van der Waals surface area contributed by atoms with Crippen molar-refractivity contribution >= 4 is 29.2 Å². The number of benzene rings is 1. The van der Waals surface area contributed by atoms with Gasteiger partial charge < -0.3 is 5.32 Å². The molecule has 1 unspecified atom stereocenters. The molecule has 0 amide bonds. The maximum atomic E-state index is 5.90. The van der Waals surface area contributed by atoms with Crippen LogP contribution in [0.5, 0.6) is 0 Å². The first-order valence-electron chi connectivity index (χ1n) is 6.70. The lowest BCUT2D eigenvalue weighted by Crippen LogP contribution is -2.51. The quantitative estimate of drug-likeness (QED) is 0.567. The van der Waals surface area contributed by atoms with Crippen LogP contribution in [0.4, 0.5) is 0 Å². The molecule has 7 nitrogen and oxygen atoms in total. The largest absolute Gasteiger partial charge is 0.353 e. The van der Waals surface area contributed by atoms with Gasteiger partial charge in [-0.05, 0) is 19.1 Å². The molecule has 2 heterocycles. The average Bonchev–Trinajstić information content (AvgIpc) is 3.00. The molecule has 3 rings (SSSR count). The normalized spacial score (nSPS) is 20.7. The Morgan fingerprint density at radius 3 is 2.62 bits per heavy atom. The number of hydrazone groups is 1. The molecule has 0 spiro atoms. The van der Waals surface area contributed by atoms with Gasteiger partial charge in [0.25, 0.3) is 0 Å². The molecule has 2 aliphatic rings. The third-order valence-corrected chi connectivity index (χ3v) is 3.37. The molecular formula is C13H16ClN7. The summed E-state index contributed by atoms with van der Waals surface area (Å²) >= 11 is 5.90. The van der Waals surface area contributed by atoms with E-state index in [1.165, 1.54) is 0 Å². The molecule has 110 valence electrons. The summed E-state index contributed by atoms with van der Waals surface area (Å²) in [6, 6.07) is 7.49. The Morgan fingerprint density at radius 1 is 1.19 bits per heavy atom. The Balaban J connectivity index is 1.62. The summed E-state index contributed by atoms with van der Waals surface area (Å²) in [6.45, 7) is 3.61. The molecule has 8 heteroatoms. The summed E-state index contributed by atoms with van der Waals surface area (Å²) in [5, 5.41) is 8.16. The molecule has 1 aromatic rings. The minimum atomic E-state index is -0.0600. The number of rotatable bonds is 1. The number of hydrogen-bond acceptors (Lipinski definition) is 7. The second kappa shape index (κ2) is 6.01.